The van der Waals surface area contributed by atoms with Crippen LogP contribution in [0.25, 0.3) is 0 Å². The molecule has 0 saturated carbocycles. The van der Waals surface area contributed by atoms with Gasteiger partial charge in [0.1, 0.15) is 0 Å². The number of carbonyl (C=O) groups is 1. The summed E-state index contributed by atoms with van der Waals surface area (Å²) in [5.74, 6) is 0.123. The number of nitrogens with one attached hydrogen (secondary N) is 1. The molecule has 0 radical (unpaired) electrons. The number of carbonyl (C=O) groups excluding carboxylic acids is 1. The van der Waals surface area contributed by atoms with Gasteiger partial charge in [0.25, 0.3) is 0 Å². The Morgan fingerprint density at radius 1 is 1.53 bits per heavy atom. The predicted molar refractivity (Wildman–Crippen MR) is 77.8 cm³/mol. The Morgan fingerprint density at radius 3 is 2.79 bits per heavy atom. The summed E-state index contributed by atoms with van der Waals surface area (Å²) in [5, 5.41) is 13.4. The fraction of sp³-hybridized carbons (Fsp3) is 0.500. The van der Waals surface area contributed by atoms with Crippen LogP contribution < -0.4 is 5.32 Å². The van der Waals surface area contributed by atoms with Crippen molar-refractivity contribution in [1.29, 1.82) is 0 Å². The first kappa shape index (κ1) is 14.5. The van der Waals surface area contributed by atoms with E-state index in [1.165, 1.54) is 0 Å². The van der Waals surface area contributed by atoms with E-state index >= 15 is 0 Å². The first-order chi connectivity index (χ1) is 9.06. The van der Waals surface area contributed by atoms with E-state index in [4.69, 9.17) is 0 Å². The fourth-order valence-corrected chi connectivity index (χ4v) is 2.56. The molecule has 2 rings (SSSR count). The van der Waals surface area contributed by atoms with Crippen LogP contribution in [-0.2, 0) is 4.79 Å². The molecule has 1 heterocycles. The topological polar surface area (TPSA) is 52.6 Å². The van der Waals surface area contributed by atoms with Gasteiger partial charge in [-0.15, -0.1) is 0 Å². The van der Waals surface area contributed by atoms with Crippen molar-refractivity contribution in [1.82, 2.24) is 10.2 Å². The van der Waals surface area contributed by atoms with Gasteiger partial charge in [-0.2, -0.15) is 0 Å². The quantitative estimate of drug-likeness (QED) is 0.885. The average molecular weight is 327 g/mol. The van der Waals surface area contributed by atoms with E-state index in [1.54, 1.807) is 6.92 Å². The lowest BCUT2D eigenvalue weighted by molar-refractivity contribution is -0.127. The van der Waals surface area contributed by atoms with Gasteiger partial charge in [-0.25, -0.2) is 0 Å². The number of hydrogen-bond acceptors (Lipinski definition) is 3. The van der Waals surface area contributed by atoms with E-state index < -0.39 is 6.10 Å². The third kappa shape index (κ3) is 4.03. The van der Waals surface area contributed by atoms with Crippen molar-refractivity contribution in [3.63, 3.8) is 0 Å². The smallest absolute Gasteiger partial charge is 0.219 e. The second-order valence-corrected chi connectivity index (χ2v) is 5.84. The molecule has 104 valence electrons. The van der Waals surface area contributed by atoms with Crippen molar-refractivity contribution in [2.24, 2.45) is 0 Å². The SMILES string of the molecule is CC(=O)N1CC[C@@H](NC[C@H](O)c2ccc(Br)cc2)C1. The first-order valence-corrected chi connectivity index (χ1v) is 7.28. The van der Waals surface area contributed by atoms with Crippen molar-refractivity contribution < 1.29 is 9.90 Å². The highest BCUT2D eigenvalue weighted by Crippen LogP contribution is 2.17. The number of aliphatic hydroxyl groups excluding tert-OH is 1. The molecule has 1 aromatic rings. The van der Waals surface area contributed by atoms with Crippen LogP contribution in [0.3, 0.4) is 0 Å². The number of benzene rings is 1. The first-order valence-electron chi connectivity index (χ1n) is 6.48. The lowest BCUT2D eigenvalue weighted by atomic mass is 10.1. The summed E-state index contributed by atoms with van der Waals surface area (Å²) >= 11 is 3.37. The molecule has 2 N–H and O–H groups in total. The zero-order valence-corrected chi connectivity index (χ0v) is 12.6. The fourth-order valence-electron chi connectivity index (χ4n) is 2.29. The van der Waals surface area contributed by atoms with E-state index in [2.05, 4.69) is 21.2 Å². The van der Waals surface area contributed by atoms with Crippen LogP contribution in [0.2, 0.25) is 0 Å². The van der Waals surface area contributed by atoms with E-state index in [0.29, 0.717) is 6.54 Å². The molecule has 1 aliphatic rings. The minimum atomic E-state index is -0.514. The Bertz CT molecular complexity index is 436. The summed E-state index contributed by atoms with van der Waals surface area (Å²) in [6.45, 7) is 3.65. The van der Waals surface area contributed by atoms with E-state index in [1.807, 2.05) is 29.2 Å². The molecule has 0 spiro atoms. The normalized spacial score (nSPS) is 20.6. The summed E-state index contributed by atoms with van der Waals surface area (Å²) in [4.78, 5) is 13.1. The second kappa shape index (κ2) is 6.50. The summed E-state index contributed by atoms with van der Waals surface area (Å²) in [6, 6.07) is 7.95. The van der Waals surface area contributed by atoms with Crippen molar-refractivity contribution in [3.05, 3.63) is 34.3 Å². The third-order valence-corrected chi connectivity index (χ3v) is 4.02. The average Bonchev–Trinajstić information content (AvgIpc) is 2.86. The molecule has 1 aliphatic heterocycles. The number of hydrogen-bond donors (Lipinski definition) is 2. The predicted octanol–water partition coefficient (Wildman–Crippen LogP) is 1.69. The molecule has 0 bridgehead atoms. The van der Waals surface area contributed by atoms with E-state index in [0.717, 1.165) is 29.5 Å². The van der Waals surface area contributed by atoms with Gasteiger partial charge < -0.3 is 15.3 Å². The third-order valence-electron chi connectivity index (χ3n) is 3.49. The zero-order valence-electron chi connectivity index (χ0n) is 11.0. The molecule has 2 atom stereocenters. The summed E-state index contributed by atoms with van der Waals surface area (Å²) in [5.41, 5.74) is 0.900. The van der Waals surface area contributed by atoms with Gasteiger partial charge in [0.2, 0.25) is 5.91 Å². The van der Waals surface area contributed by atoms with Crippen LogP contribution in [-0.4, -0.2) is 41.6 Å². The lowest BCUT2D eigenvalue weighted by Gasteiger charge is -2.17. The van der Waals surface area contributed by atoms with Crippen LogP contribution in [0.4, 0.5) is 0 Å². The van der Waals surface area contributed by atoms with Gasteiger partial charge in [0.15, 0.2) is 0 Å². The molecule has 0 aromatic heterocycles. The summed E-state index contributed by atoms with van der Waals surface area (Å²) in [7, 11) is 0. The number of likely N-dealkylation sites (tertiary alicyclic amines) is 1. The number of rotatable bonds is 4. The molecule has 1 amide bonds. The molecule has 0 unspecified atom stereocenters. The van der Waals surface area contributed by atoms with Crippen LogP contribution in [0.15, 0.2) is 28.7 Å². The molecule has 4 nitrogen and oxygen atoms in total. The van der Waals surface area contributed by atoms with E-state index in [-0.39, 0.29) is 11.9 Å². The Morgan fingerprint density at radius 2 is 2.21 bits per heavy atom. The number of amides is 1. The Balaban J connectivity index is 1.79. The summed E-state index contributed by atoms with van der Waals surface area (Å²) < 4.78 is 1.00. The Hall–Kier alpha value is -0.910. The highest BCUT2D eigenvalue weighted by Gasteiger charge is 2.24. The molecule has 1 saturated heterocycles. The Kier molecular flexibility index (Phi) is 4.96. The zero-order chi connectivity index (χ0) is 13.8. The van der Waals surface area contributed by atoms with E-state index in [9.17, 15) is 9.90 Å². The van der Waals surface area contributed by atoms with Gasteiger partial charge in [-0.3, -0.25) is 4.79 Å². The Labute approximate surface area is 121 Å². The maximum atomic E-state index is 11.2. The van der Waals surface area contributed by atoms with Crippen molar-refractivity contribution in [2.75, 3.05) is 19.6 Å². The molecular formula is C14H19BrN2O2. The van der Waals surface area contributed by atoms with Gasteiger partial charge in [-0.05, 0) is 24.1 Å². The number of nitrogens with zero attached hydrogens (tertiary/aromatic N) is 1. The molecule has 5 heteroatoms. The number of aliphatic hydroxyl groups is 1. The lowest BCUT2D eigenvalue weighted by Crippen LogP contribution is -2.36. The minimum Gasteiger partial charge on any atom is -0.387 e. The van der Waals surface area contributed by atoms with Gasteiger partial charge >= 0.3 is 0 Å². The van der Waals surface area contributed by atoms with Crippen LogP contribution in [0, 0.1) is 0 Å². The van der Waals surface area contributed by atoms with Crippen LogP contribution in [0.1, 0.15) is 25.0 Å². The summed E-state index contributed by atoms with van der Waals surface area (Å²) in [6.07, 6.45) is 0.437. The highest BCUT2D eigenvalue weighted by molar-refractivity contribution is 9.10. The van der Waals surface area contributed by atoms with Crippen LogP contribution in [0.5, 0.6) is 0 Å². The molecule has 1 fully saturated rings. The maximum Gasteiger partial charge on any atom is 0.219 e. The van der Waals surface area contributed by atoms with Crippen molar-refractivity contribution in [3.8, 4) is 0 Å². The van der Waals surface area contributed by atoms with Gasteiger partial charge in [0.05, 0.1) is 6.10 Å². The second-order valence-electron chi connectivity index (χ2n) is 4.93. The molecule has 1 aromatic carbocycles. The molecule has 0 aliphatic carbocycles. The van der Waals surface area contributed by atoms with Gasteiger partial charge in [0, 0.05) is 37.1 Å². The monoisotopic (exact) mass is 326 g/mol. The van der Waals surface area contributed by atoms with Gasteiger partial charge in [-0.1, -0.05) is 28.1 Å². The highest BCUT2D eigenvalue weighted by atomic mass is 79.9. The molecule has 19 heavy (non-hydrogen) atoms. The molecular weight excluding hydrogens is 308 g/mol. The standard InChI is InChI=1S/C14H19BrN2O2/c1-10(18)17-7-6-13(9-17)16-8-14(19)11-2-4-12(15)5-3-11/h2-5,13-14,16,19H,6-9H2,1H3/t13-,14+/m1/s1. The minimum absolute atomic E-state index is 0.123. The maximum absolute atomic E-state index is 11.2. The largest absolute Gasteiger partial charge is 0.387 e. The van der Waals surface area contributed by atoms with Crippen molar-refractivity contribution >= 4 is 21.8 Å². The van der Waals surface area contributed by atoms with Crippen molar-refractivity contribution in [2.45, 2.75) is 25.5 Å². The number of halogens is 1. The van der Waals surface area contributed by atoms with Crippen LogP contribution >= 0.6 is 15.9 Å².